The lowest BCUT2D eigenvalue weighted by Gasteiger charge is -2.37. The first-order valence-corrected chi connectivity index (χ1v) is 10.6. The van der Waals surface area contributed by atoms with Crippen molar-refractivity contribution in [1.29, 1.82) is 0 Å². The number of aliphatic hydroxyl groups is 1. The summed E-state index contributed by atoms with van der Waals surface area (Å²) in [5.74, 6) is 0. The summed E-state index contributed by atoms with van der Waals surface area (Å²) in [6, 6.07) is 34.8. The van der Waals surface area contributed by atoms with Crippen LogP contribution in [0.2, 0.25) is 0 Å². The first-order valence-electron chi connectivity index (χ1n) is 10.6. The quantitative estimate of drug-likeness (QED) is 0.386. The number of pyridine rings is 1. The number of aliphatic hydroxyl groups excluding tert-OH is 1. The van der Waals surface area contributed by atoms with E-state index < -0.39 is 11.6 Å². The standard InChI is InChI=1S/C28H23N3O/c32-27(22-16-18-29-19-17-22)26-20-31(21-30-26)28(23-10-4-1-5-11-23,24-12-6-2-7-13-24)25-14-8-3-9-15-25/h1-21,27,32H. The average molecular weight is 418 g/mol. The molecule has 2 heterocycles. The molecule has 1 atom stereocenters. The molecule has 0 fully saturated rings. The molecule has 0 radical (unpaired) electrons. The molecule has 0 amide bonds. The van der Waals surface area contributed by atoms with Crippen LogP contribution in [0, 0.1) is 0 Å². The van der Waals surface area contributed by atoms with Crippen LogP contribution in [0.3, 0.4) is 0 Å². The van der Waals surface area contributed by atoms with E-state index in [2.05, 4.69) is 87.3 Å². The summed E-state index contributed by atoms with van der Waals surface area (Å²) >= 11 is 0. The molecule has 0 saturated heterocycles. The van der Waals surface area contributed by atoms with Gasteiger partial charge in [0.2, 0.25) is 0 Å². The first kappa shape index (κ1) is 19.9. The van der Waals surface area contributed by atoms with Gasteiger partial charge >= 0.3 is 0 Å². The lowest BCUT2D eigenvalue weighted by Crippen LogP contribution is -2.37. The Morgan fingerprint density at radius 3 is 1.59 bits per heavy atom. The van der Waals surface area contributed by atoms with Gasteiger partial charge in [0.05, 0.1) is 12.0 Å². The van der Waals surface area contributed by atoms with Gasteiger partial charge in [0.1, 0.15) is 11.6 Å². The van der Waals surface area contributed by atoms with Gasteiger partial charge in [0.15, 0.2) is 0 Å². The molecule has 0 saturated carbocycles. The second-order valence-corrected chi connectivity index (χ2v) is 7.70. The fourth-order valence-electron chi connectivity index (χ4n) is 4.36. The third-order valence-electron chi connectivity index (χ3n) is 5.87. The average Bonchev–Trinajstić information content (AvgIpc) is 3.37. The topological polar surface area (TPSA) is 50.9 Å². The molecular weight excluding hydrogens is 394 g/mol. The number of hydrogen-bond donors (Lipinski definition) is 1. The number of benzene rings is 3. The van der Waals surface area contributed by atoms with Crippen molar-refractivity contribution in [2.45, 2.75) is 11.6 Å². The predicted molar refractivity (Wildman–Crippen MR) is 125 cm³/mol. The smallest absolute Gasteiger partial charge is 0.123 e. The lowest BCUT2D eigenvalue weighted by atomic mass is 9.77. The summed E-state index contributed by atoms with van der Waals surface area (Å²) in [6.07, 6.45) is 6.28. The van der Waals surface area contributed by atoms with Crippen LogP contribution >= 0.6 is 0 Å². The summed E-state index contributed by atoms with van der Waals surface area (Å²) in [7, 11) is 0. The van der Waals surface area contributed by atoms with E-state index in [1.165, 1.54) is 0 Å². The van der Waals surface area contributed by atoms with Gasteiger partial charge < -0.3 is 9.67 Å². The Morgan fingerprint density at radius 1 is 0.656 bits per heavy atom. The van der Waals surface area contributed by atoms with E-state index in [1.54, 1.807) is 12.4 Å². The molecule has 1 unspecified atom stereocenters. The van der Waals surface area contributed by atoms with Gasteiger partial charge in [0.25, 0.3) is 0 Å². The molecule has 4 heteroatoms. The minimum atomic E-state index is -0.834. The molecule has 5 rings (SSSR count). The molecule has 2 aromatic heterocycles. The molecule has 0 aliphatic heterocycles. The lowest BCUT2D eigenvalue weighted by molar-refractivity contribution is 0.215. The number of nitrogens with zero attached hydrogens (tertiary/aromatic N) is 3. The van der Waals surface area contributed by atoms with Crippen molar-refractivity contribution in [3.05, 3.63) is 156 Å². The third-order valence-corrected chi connectivity index (χ3v) is 5.87. The van der Waals surface area contributed by atoms with E-state index in [0.717, 1.165) is 22.3 Å². The molecule has 3 aromatic carbocycles. The van der Waals surface area contributed by atoms with Crippen LogP contribution in [0.25, 0.3) is 0 Å². The number of imidazole rings is 1. The van der Waals surface area contributed by atoms with E-state index in [9.17, 15) is 5.11 Å². The Bertz CT molecular complexity index is 1170. The summed E-state index contributed by atoms with van der Waals surface area (Å²) in [5.41, 5.74) is 4.03. The molecule has 5 aromatic rings. The molecule has 156 valence electrons. The highest BCUT2D eigenvalue weighted by molar-refractivity contribution is 5.50. The highest BCUT2D eigenvalue weighted by atomic mass is 16.3. The molecule has 0 aliphatic rings. The Labute approximate surface area is 187 Å². The van der Waals surface area contributed by atoms with Crippen LogP contribution in [-0.2, 0) is 5.54 Å². The van der Waals surface area contributed by atoms with E-state index in [0.29, 0.717) is 5.69 Å². The van der Waals surface area contributed by atoms with Crippen LogP contribution in [0.5, 0.6) is 0 Å². The predicted octanol–water partition coefficient (Wildman–Crippen LogP) is 5.20. The van der Waals surface area contributed by atoms with Gasteiger partial charge in [-0.1, -0.05) is 91.0 Å². The maximum atomic E-state index is 11.0. The summed E-state index contributed by atoms with van der Waals surface area (Å²) < 4.78 is 2.10. The highest BCUT2D eigenvalue weighted by Crippen LogP contribution is 2.41. The van der Waals surface area contributed by atoms with Crippen molar-refractivity contribution in [3.8, 4) is 0 Å². The number of rotatable bonds is 6. The summed E-state index contributed by atoms with van der Waals surface area (Å²) in [4.78, 5) is 8.68. The SMILES string of the molecule is OC(c1ccncc1)c1cn(C(c2ccccc2)(c2ccccc2)c2ccccc2)cn1. The fourth-order valence-corrected chi connectivity index (χ4v) is 4.36. The minimum Gasteiger partial charge on any atom is -0.382 e. The molecule has 32 heavy (non-hydrogen) atoms. The minimum absolute atomic E-state index is 0.586. The maximum absolute atomic E-state index is 11.0. The fraction of sp³-hybridized carbons (Fsp3) is 0.0714. The highest BCUT2D eigenvalue weighted by Gasteiger charge is 2.38. The van der Waals surface area contributed by atoms with Crippen molar-refractivity contribution in [1.82, 2.24) is 14.5 Å². The Balaban J connectivity index is 1.75. The zero-order valence-corrected chi connectivity index (χ0v) is 17.5. The van der Waals surface area contributed by atoms with E-state index >= 15 is 0 Å². The van der Waals surface area contributed by atoms with E-state index in [-0.39, 0.29) is 0 Å². The summed E-state index contributed by atoms with van der Waals surface area (Å²) in [5, 5.41) is 11.0. The van der Waals surface area contributed by atoms with Gasteiger partial charge in [-0.2, -0.15) is 0 Å². The third kappa shape index (κ3) is 3.41. The van der Waals surface area contributed by atoms with Crippen LogP contribution in [0.1, 0.15) is 34.1 Å². The van der Waals surface area contributed by atoms with E-state index in [4.69, 9.17) is 0 Å². The number of hydrogen-bond acceptors (Lipinski definition) is 3. The molecule has 0 aliphatic carbocycles. The number of aromatic nitrogens is 3. The van der Waals surface area contributed by atoms with Crippen LogP contribution in [0.15, 0.2) is 128 Å². The second kappa shape index (κ2) is 8.61. The molecule has 0 bridgehead atoms. The molecular formula is C28H23N3O. The van der Waals surface area contributed by atoms with E-state index in [1.807, 2.05) is 42.9 Å². The van der Waals surface area contributed by atoms with Crippen LogP contribution < -0.4 is 0 Å². The van der Waals surface area contributed by atoms with Crippen molar-refractivity contribution < 1.29 is 5.11 Å². The van der Waals surface area contributed by atoms with Crippen LogP contribution in [-0.4, -0.2) is 19.6 Å². The van der Waals surface area contributed by atoms with Crippen molar-refractivity contribution >= 4 is 0 Å². The Hall–Kier alpha value is -4.02. The molecule has 1 N–H and O–H groups in total. The van der Waals surface area contributed by atoms with Crippen LogP contribution in [0.4, 0.5) is 0 Å². The molecule has 0 spiro atoms. The van der Waals surface area contributed by atoms with Crippen molar-refractivity contribution in [2.75, 3.05) is 0 Å². The normalized spacial score (nSPS) is 12.4. The van der Waals surface area contributed by atoms with Crippen molar-refractivity contribution in [2.24, 2.45) is 0 Å². The monoisotopic (exact) mass is 417 g/mol. The van der Waals surface area contributed by atoms with Crippen molar-refractivity contribution in [3.63, 3.8) is 0 Å². The summed E-state index contributed by atoms with van der Waals surface area (Å²) in [6.45, 7) is 0. The zero-order chi connectivity index (χ0) is 21.8. The van der Waals surface area contributed by atoms with Gasteiger partial charge in [0, 0.05) is 18.6 Å². The van der Waals surface area contributed by atoms with Gasteiger partial charge in [-0.05, 0) is 34.4 Å². The van der Waals surface area contributed by atoms with Gasteiger partial charge in [-0.25, -0.2) is 4.98 Å². The van der Waals surface area contributed by atoms with Gasteiger partial charge in [-0.15, -0.1) is 0 Å². The molecule has 4 nitrogen and oxygen atoms in total. The zero-order valence-electron chi connectivity index (χ0n) is 17.5. The Morgan fingerprint density at radius 2 is 1.12 bits per heavy atom. The second-order valence-electron chi connectivity index (χ2n) is 7.70. The Kier molecular flexibility index (Phi) is 5.36. The van der Waals surface area contributed by atoms with Gasteiger partial charge in [-0.3, -0.25) is 4.98 Å². The largest absolute Gasteiger partial charge is 0.382 e. The maximum Gasteiger partial charge on any atom is 0.123 e. The first-order chi connectivity index (χ1) is 15.8.